The summed E-state index contributed by atoms with van der Waals surface area (Å²) in [6.45, 7) is 9.47. The molecule has 0 radical (unpaired) electrons. The number of unbranched alkanes of at least 4 members (excludes halogenated alkanes) is 11. The fourth-order valence-electron chi connectivity index (χ4n) is 4.18. The predicted molar refractivity (Wildman–Crippen MR) is 152 cm³/mol. The number of amides is 1. The van der Waals surface area contributed by atoms with Gasteiger partial charge < -0.3 is 25.2 Å². The lowest BCUT2D eigenvalue weighted by atomic mass is 10.1. The number of allylic oxidation sites excluding steroid dienone is 2. The molecule has 0 bridgehead atoms. The third-order valence-corrected chi connectivity index (χ3v) is 6.32. The summed E-state index contributed by atoms with van der Waals surface area (Å²) in [6.07, 6.45) is 24.4. The molecule has 0 aromatic heterocycles. The molecule has 0 fully saturated rings. The smallest absolute Gasteiger partial charge is 0.219 e. The Morgan fingerprint density at radius 2 is 1.53 bits per heavy atom. The van der Waals surface area contributed by atoms with Crippen LogP contribution < -0.4 is 5.32 Å². The summed E-state index contributed by atoms with van der Waals surface area (Å²) in [7, 11) is 0. The van der Waals surface area contributed by atoms with Crippen LogP contribution >= 0.6 is 0 Å². The van der Waals surface area contributed by atoms with Crippen LogP contribution in [0.15, 0.2) is 24.8 Å². The highest BCUT2D eigenvalue weighted by Gasteiger charge is 2.11. The summed E-state index contributed by atoms with van der Waals surface area (Å²) in [5.74, 6) is 0.132. The maximum Gasteiger partial charge on any atom is 0.219 e. The van der Waals surface area contributed by atoms with Gasteiger partial charge >= 0.3 is 0 Å². The summed E-state index contributed by atoms with van der Waals surface area (Å²) in [5, 5.41) is 21.9. The largest absolute Gasteiger partial charge is 0.394 e. The van der Waals surface area contributed by atoms with Gasteiger partial charge in [0.1, 0.15) is 0 Å². The molecule has 212 valence electrons. The number of carbonyl (C=O) groups is 1. The molecule has 6 nitrogen and oxygen atoms in total. The quantitative estimate of drug-likeness (QED) is 0.0918. The molecule has 1 atom stereocenters. The third-order valence-electron chi connectivity index (χ3n) is 6.32. The van der Waals surface area contributed by atoms with Crippen LogP contribution in [0.1, 0.15) is 110 Å². The van der Waals surface area contributed by atoms with Crippen molar-refractivity contribution in [3.8, 4) is 0 Å². The highest BCUT2D eigenvalue weighted by molar-refractivity contribution is 5.75. The van der Waals surface area contributed by atoms with Gasteiger partial charge in [0.2, 0.25) is 5.91 Å². The average Bonchev–Trinajstić information content (AvgIpc) is 2.88. The van der Waals surface area contributed by atoms with Crippen LogP contribution in [0.5, 0.6) is 0 Å². The van der Waals surface area contributed by atoms with Gasteiger partial charge in [0.15, 0.2) is 0 Å². The molecule has 1 amide bonds. The van der Waals surface area contributed by atoms with Crippen molar-refractivity contribution < 1.29 is 19.7 Å². The summed E-state index contributed by atoms with van der Waals surface area (Å²) < 4.78 is 5.41. The van der Waals surface area contributed by atoms with Gasteiger partial charge in [-0.3, -0.25) is 4.79 Å². The Morgan fingerprint density at radius 1 is 0.917 bits per heavy atom. The van der Waals surface area contributed by atoms with Crippen molar-refractivity contribution >= 4 is 5.91 Å². The van der Waals surface area contributed by atoms with Gasteiger partial charge in [0, 0.05) is 32.7 Å². The second-order valence-electron chi connectivity index (χ2n) is 9.89. The number of rotatable bonds is 28. The van der Waals surface area contributed by atoms with Crippen molar-refractivity contribution in [3.63, 3.8) is 0 Å². The van der Waals surface area contributed by atoms with E-state index in [1.165, 1.54) is 70.6 Å². The highest BCUT2D eigenvalue weighted by Crippen LogP contribution is 2.10. The van der Waals surface area contributed by atoms with Gasteiger partial charge in [-0.05, 0) is 51.5 Å². The molecule has 0 rings (SSSR count). The molecule has 1 unspecified atom stereocenters. The lowest BCUT2D eigenvalue weighted by Gasteiger charge is -2.24. The van der Waals surface area contributed by atoms with Crippen LogP contribution in [0, 0.1) is 0 Å². The molecule has 6 heteroatoms. The SMILES string of the molecule is C=CCOCCCN(CCCNC(=O)CCCCCCC/C=C\CCCCCCCC)CC(O)CO. The van der Waals surface area contributed by atoms with Crippen LogP contribution in [0.4, 0.5) is 0 Å². The predicted octanol–water partition coefficient (Wildman–Crippen LogP) is 5.78. The number of aliphatic hydroxyl groups excluding tert-OH is 2. The maximum absolute atomic E-state index is 12.1. The molecule has 0 saturated heterocycles. The van der Waals surface area contributed by atoms with Crippen LogP contribution in [0.25, 0.3) is 0 Å². The molecule has 0 aliphatic carbocycles. The van der Waals surface area contributed by atoms with Crippen LogP contribution in [0.2, 0.25) is 0 Å². The highest BCUT2D eigenvalue weighted by atomic mass is 16.5. The molecule has 0 heterocycles. The molecule has 0 aromatic carbocycles. The van der Waals surface area contributed by atoms with Crippen molar-refractivity contribution in [1.29, 1.82) is 0 Å². The number of hydrogen-bond acceptors (Lipinski definition) is 5. The van der Waals surface area contributed by atoms with E-state index in [9.17, 15) is 9.90 Å². The van der Waals surface area contributed by atoms with E-state index in [1.807, 2.05) is 0 Å². The number of ether oxygens (including phenoxy) is 1. The topological polar surface area (TPSA) is 82.0 Å². The van der Waals surface area contributed by atoms with Crippen LogP contribution in [0.3, 0.4) is 0 Å². The zero-order valence-electron chi connectivity index (χ0n) is 23.4. The van der Waals surface area contributed by atoms with Crippen molar-refractivity contribution in [2.45, 2.75) is 116 Å². The Balaban J connectivity index is 3.63. The Bertz CT molecular complexity index is 513. The molecule has 36 heavy (non-hydrogen) atoms. The summed E-state index contributed by atoms with van der Waals surface area (Å²) >= 11 is 0. The monoisotopic (exact) mass is 510 g/mol. The Morgan fingerprint density at radius 3 is 2.17 bits per heavy atom. The molecule has 0 spiro atoms. The number of aliphatic hydroxyl groups is 2. The lowest BCUT2D eigenvalue weighted by Crippen LogP contribution is -2.37. The standard InChI is InChI=1S/C30H58N2O4/c1-3-5-6-7-8-9-10-11-12-13-14-15-16-17-18-21-30(35)31-22-19-23-32(27-29(34)28-33)24-20-26-36-25-4-2/h4,11-12,29,33-34H,2-3,5-10,13-28H2,1H3,(H,31,35)/b12-11-. The van der Waals surface area contributed by atoms with Crippen molar-refractivity contribution in [1.82, 2.24) is 10.2 Å². The molecular weight excluding hydrogens is 452 g/mol. The van der Waals surface area contributed by atoms with Crippen LogP contribution in [-0.4, -0.2) is 73.1 Å². The first kappa shape index (κ1) is 34.8. The first-order valence-corrected chi connectivity index (χ1v) is 14.8. The summed E-state index contributed by atoms with van der Waals surface area (Å²) in [4.78, 5) is 14.2. The Kier molecular flexibility index (Phi) is 27.4. The molecule has 3 N–H and O–H groups in total. The van der Waals surface area contributed by atoms with Crippen molar-refractivity contribution in [2.75, 3.05) is 46.0 Å². The fraction of sp³-hybridized carbons (Fsp3) is 0.833. The van der Waals surface area contributed by atoms with Crippen molar-refractivity contribution in [2.24, 2.45) is 0 Å². The Hall–Kier alpha value is -1.21. The van der Waals surface area contributed by atoms with Gasteiger partial charge in [0.05, 0.1) is 19.3 Å². The van der Waals surface area contributed by atoms with Gasteiger partial charge in [-0.1, -0.05) is 76.5 Å². The fourth-order valence-corrected chi connectivity index (χ4v) is 4.18. The third kappa shape index (κ3) is 25.9. The van der Waals surface area contributed by atoms with E-state index in [0.717, 1.165) is 38.8 Å². The minimum atomic E-state index is -0.741. The number of hydrogen-bond donors (Lipinski definition) is 3. The maximum atomic E-state index is 12.1. The average molecular weight is 511 g/mol. The minimum Gasteiger partial charge on any atom is -0.394 e. The summed E-state index contributed by atoms with van der Waals surface area (Å²) in [6, 6.07) is 0. The zero-order chi connectivity index (χ0) is 26.5. The summed E-state index contributed by atoms with van der Waals surface area (Å²) in [5.41, 5.74) is 0. The number of carbonyl (C=O) groups excluding carboxylic acids is 1. The number of nitrogens with zero attached hydrogens (tertiary/aromatic N) is 1. The van der Waals surface area contributed by atoms with Gasteiger partial charge in [-0.15, -0.1) is 6.58 Å². The van der Waals surface area contributed by atoms with Gasteiger partial charge in [0.25, 0.3) is 0 Å². The Labute approximate surface area is 222 Å². The van der Waals surface area contributed by atoms with E-state index in [2.05, 4.69) is 35.9 Å². The minimum absolute atomic E-state index is 0.132. The first-order valence-electron chi connectivity index (χ1n) is 14.8. The number of nitrogens with one attached hydrogen (secondary N) is 1. The van der Waals surface area contributed by atoms with E-state index in [0.29, 0.717) is 32.7 Å². The second kappa shape index (κ2) is 28.4. The normalized spacial score (nSPS) is 12.4. The van der Waals surface area contributed by atoms with E-state index in [1.54, 1.807) is 6.08 Å². The van der Waals surface area contributed by atoms with E-state index < -0.39 is 6.10 Å². The molecule has 0 aliphatic rings. The molecular formula is C30H58N2O4. The lowest BCUT2D eigenvalue weighted by molar-refractivity contribution is -0.121. The molecule has 0 aromatic rings. The van der Waals surface area contributed by atoms with Crippen LogP contribution in [-0.2, 0) is 9.53 Å². The van der Waals surface area contributed by atoms with Gasteiger partial charge in [-0.25, -0.2) is 0 Å². The van der Waals surface area contributed by atoms with Gasteiger partial charge in [-0.2, -0.15) is 0 Å². The second-order valence-corrected chi connectivity index (χ2v) is 9.89. The molecule has 0 saturated carbocycles. The van der Waals surface area contributed by atoms with E-state index in [-0.39, 0.29) is 12.5 Å². The molecule has 0 aliphatic heterocycles. The first-order chi connectivity index (χ1) is 17.6. The van der Waals surface area contributed by atoms with E-state index >= 15 is 0 Å². The zero-order valence-corrected chi connectivity index (χ0v) is 23.4. The van der Waals surface area contributed by atoms with E-state index in [4.69, 9.17) is 9.84 Å². The van der Waals surface area contributed by atoms with Crippen molar-refractivity contribution in [3.05, 3.63) is 24.8 Å².